The number of fused-ring (bicyclic) bond motifs is 1. The summed E-state index contributed by atoms with van der Waals surface area (Å²) < 4.78 is 0. The summed E-state index contributed by atoms with van der Waals surface area (Å²) in [6, 6.07) is 1.18. The standard InChI is InChI=1S/C15H24N2O/c18-15(14-12-4-1-5-13(12)14)17(11-6-7-11)9-10-3-2-8-16-10/h10-14,16H,1-9H2. The van der Waals surface area contributed by atoms with Crippen molar-refractivity contribution in [2.75, 3.05) is 13.1 Å². The Labute approximate surface area is 109 Å². The Kier molecular flexibility index (Phi) is 2.65. The highest BCUT2D eigenvalue weighted by molar-refractivity contribution is 5.83. The molecule has 1 aliphatic heterocycles. The SMILES string of the molecule is O=C(C1C2CCCC21)N(CC1CCCN1)C1CC1. The van der Waals surface area contributed by atoms with E-state index in [0.717, 1.165) is 24.9 Å². The second-order valence-corrected chi connectivity index (χ2v) is 6.80. The van der Waals surface area contributed by atoms with Crippen LogP contribution in [-0.2, 0) is 4.79 Å². The molecule has 4 aliphatic rings. The Bertz CT molecular complexity index is 336. The molecule has 3 saturated carbocycles. The first kappa shape index (κ1) is 11.3. The number of hydrogen-bond donors (Lipinski definition) is 1. The molecule has 0 bridgehead atoms. The predicted molar refractivity (Wildman–Crippen MR) is 70.1 cm³/mol. The van der Waals surface area contributed by atoms with Gasteiger partial charge in [-0.2, -0.15) is 0 Å². The van der Waals surface area contributed by atoms with Crippen molar-refractivity contribution in [2.45, 2.75) is 57.0 Å². The zero-order valence-electron chi connectivity index (χ0n) is 11.1. The van der Waals surface area contributed by atoms with Crippen LogP contribution in [0.3, 0.4) is 0 Å². The summed E-state index contributed by atoms with van der Waals surface area (Å²) in [7, 11) is 0. The second kappa shape index (κ2) is 4.22. The highest BCUT2D eigenvalue weighted by Gasteiger charge is 2.58. The zero-order chi connectivity index (χ0) is 12.1. The van der Waals surface area contributed by atoms with Gasteiger partial charge in [0.2, 0.25) is 5.91 Å². The molecule has 1 heterocycles. The van der Waals surface area contributed by atoms with Crippen LogP contribution in [0.1, 0.15) is 44.9 Å². The van der Waals surface area contributed by atoms with E-state index >= 15 is 0 Å². The molecule has 0 radical (unpaired) electrons. The third-order valence-electron chi connectivity index (χ3n) is 5.54. The van der Waals surface area contributed by atoms with Crippen LogP contribution in [0.15, 0.2) is 0 Å². The first-order chi connectivity index (χ1) is 8.84. The van der Waals surface area contributed by atoms with E-state index in [1.807, 2.05) is 0 Å². The first-order valence-electron chi connectivity index (χ1n) is 7.88. The maximum Gasteiger partial charge on any atom is 0.226 e. The number of nitrogens with zero attached hydrogens (tertiary/aromatic N) is 1. The smallest absolute Gasteiger partial charge is 0.226 e. The van der Waals surface area contributed by atoms with Gasteiger partial charge in [0.05, 0.1) is 0 Å². The van der Waals surface area contributed by atoms with Gasteiger partial charge in [-0.25, -0.2) is 0 Å². The first-order valence-corrected chi connectivity index (χ1v) is 7.88. The molecule has 18 heavy (non-hydrogen) atoms. The monoisotopic (exact) mass is 248 g/mol. The Hall–Kier alpha value is -0.570. The number of hydrogen-bond acceptors (Lipinski definition) is 2. The quantitative estimate of drug-likeness (QED) is 0.822. The summed E-state index contributed by atoms with van der Waals surface area (Å²) in [4.78, 5) is 14.9. The Balaban J connectivity index is 1.40. The van der Waals surface area contributed by atoms with Crippen molar-refractivity contribution in [3.05, 3.63) is 0 Å². The summed E-state index contributed by atoms with van der Waals surface area (Å²) >= 11 is 0. The van der Waals surface area contributed by atoms with Crippen molar-refractivity contribution in [1.29, 1.82) is 0 Å². The molecule has 0 aromatic heterocycles. The van der Waals surface area contributed by atoms with Gasteiger partial charge in [-0.1, -0.05) is 6.42 Å². The molecule has 100 valence electrons. The molecule has 0 aromatic rings. The molecule has 3 aliphatic carbocycles. The van der Waals surface area contributed by atoms with Gasteiger partial charge in [0.25, 0.3) is 0 Å². The fraction of sp³-hybridized carbons (Fsp3) is 0.933. The van der Waals surface area contributed by atoms with E-state index in [9.17, 15) is 4.79 Å². The van der Waals surface area contributed by atoms with Crippen LogP contribution in [0, 0.1) is 17.8 Å². The summed E-state index contributed by atoms with van der Waals surface area (Å²) in [5.74, 6) is 2.49. The molecule has 4 fully saturated rings. The third kappa shape index (κ3) is 1.87. The van der Waals surface area contributed by atoms with Crippen molar-refractivity contribution in [3.63, 3.8) is 0 Å². The largest absolute Gasteiger partial charge is 0.338 e. The van der Waals surface area contributed by atoms with Gasteiger partial charge in [-0.15, -0.1) is 0 Å². The van der Waals surface area contributed by atoms with Crippen LogP contribution < -0.4 is 5.32 Å². The van der Waals surface area contributed by atoms with Crippen LogP contribution >= 0.6 is 0 Å². The second-order valence-electron chi connectivity index (χ2n) is 6.80. The van der Waals surface area contributed by atoms with Crippen molar-refractivity contribution < 1.29 is 4.79 Å². The summed E-state index contributed by atoms with van der Waals surface area (Å²) in [5.41, 5.74) is 0. The van der Waals surface area contributed by atoms with Gasteiger partial charge in [-0.3, -0.25) is 4.79 Å². The Morgan fingerprint density at radius 2 is 1.83 bits per heavy atom. The summed E-state index contributed by atoms with van der Waals surface area (Å²) in [5, 5.41) is 3.54. The molecule has 3 heteroatoms. The maximum absolute atomic E-state index is 12.7. The van der Waals surface area contributed by atoms with Gasteiger partial charge in [0.15, 0.2) is 0 Å². The molecule has 3 atom stereocenters. The van der Waals surface area contributed by atoms with Crippen LogP contribution in [0.25, 0.3) is 0 Å². The van der Waals surface area contributed by atoms with Gasteiger partial charge >= 0.3 is 0 Å². The molecule has 1 N–H and O–H groups in total. The van der Waals surface area contributed by atoms with E-state index < -0.39 is 0 Å². The Morgan fingerprint density at radius 1 is 1.06 bits per heavy atom. The van der Waals surface area contributed by atoms with E-state index in [2.05, 4.69) is 10.2 Å². The lowest BCUT2D eigenvalue weighted by Gasteiger charge is -2.26. The summed E-state index contributed by atoms with van der Waals surface area (Å²) in [6.45, 7) is 2.13. The lowest BCUT2D eigenvalue weighted by atomic mass is 10.1. The molecule has 0 spiro atoms. The minimum absolute atomic E-state index is 0.431. The fourth-order valence-corrected chi connectivity index (χ4v) is 4.33. The van der Waals surface area contributed by atoms with Crippen LogP contribution in [0.4, 0.5) is 0 Å². The minimum Gasteiger partial charge on any atom is -0.338 e. The van der Waals surface area contributed by atoms with Crippen LogP contribution in [0.2, 0.25) is 0 Å². The van der Waals surface area contributed by atoms with Crippen molar-refractivity contribution in [3.8, 4) is 0 Å². The molecule has 4 rings (SSSR count). The molecule has 3 nitrogen and oxygen atoms in total. The Morgan fingerprint density at radius 3 is 2.44 bits per heavy atom. The van der Waals surface area contributed by atoms with Crippen LogP contribution in [0.5, 0.6) is 0 Å². The van der Waals surface area contributed by atoms with E-state index in [-0.39, 0.29) is 0 Å². The number of rotatable bonds is 4. The highest BCUT2D eigenvalue weighted by atomic mass is 16.2. The highest BCUT2D eigenvalue weighted by Crippen LogP contribution is 2.58. The van der Waals surface area contributed by atoms with Gasteiger partial charge in [-0.05, 0) is 56.9 Å². The molecule has 1 amide bonds. The molecule has 1 saturated heterocycles. The van der Waals surface area contributed by atoms with Gasteiger partial charge in [0.1, 0.15) is 0 Å². The molecule has 3 unspecified atom stereocenters. The number of carbonyl (C=O) groups excluding carboxylic acids is 1. The zero-order valence-corrected chi connectivity index (χ0v) is 11.1. The average molecular weight is 248 g/mol. The number of amides is 1. The fourth-order valence-electron chi connectivity index (χ4n) is 4.33. The maximum atomic E-state index is 12.7. The molecular formula is C15H24N2O. The predicted octanol–water partition coefficient (Wildman–Crippen LogP) is 1.78. The topological polar surface area (TPSA) is 32.3 Å². The normalized spacial score (nSPS) is 41.8. The molecular weight excluding hydrogens is 224 g/mol. The van der Waals surface area contributed by atoms with E-state index in [1.165, 1.54) is 44.9 Å². The average Bonchev–Trinajstić information content (AvgIpc) is 3.22. The van der Waals surface area contributed by atoms with Gasteiger partial charge < -0.3 is 10.2 Å². The third-order valence-corrected chi connectivity index (χ3v) is 5.54. The number of nitrogens with one attached hydrogen (secondary N) is 1. The van der Waals surface area contributed by atoms with Crippen molar-refractivity contribution in [2.24, 2.45) is 17.8 Å². The lowest BCUT2D eigenvalue weighted by Crippen LogP contribution is -2.43. The van der Waals surface area contributed by atoms with Crippen LogP contribution in [-0.4, -0.2) is 36.0 Å². The molecule has 0 aromatic carbocycles. The number of carbonyl (C=O) groups is 1. The van der Waals surface area contributed by atoms with Crippen molar-refractivity contribution in [1.82, 2.24) is 10.2 Å². The van der Waals surface area contributed by atoms with Crippen molar-refractivity contribution >= 4 is 5.91 Å². The summed E-state index contributed by atoms with van der Waals surface area (Å²) in [6.07, 6.45) is 9.05. The van der Waals surface area contributed by atoms with E-state index in [0.29, 0.717) is 23.9 Å². The minimum atomic E-state index is 0.431. The van der Waals surface area contributed by atoms with E-state index in [1.54, 1.807) is 0 Å². The van der Waals surface area contributed by atoms with E-state index in [4.69, 9.17) is 0 Å². The van der Waals surface area contributed by atoms with Gasteiger partial charge in [0, 0.05) is 24.5 Å². The lowest BCUT2D eigenvalue weighted by molar-refractivity contribution is -0.134.